The number of alkyl carbamates (subject to hydrolysis) is 1. The van der Waals surface area contributed by atoms with Gasteiger partial charge in [0.05, 0.1) is 0 Å². The van der Waals surface area contributed by atoms with Crippen molar-refractivity contribution in [2.45, 2.75) is 85.9 Å². The second-order valence-electron chi connectivity index (χ2n) is 9.61. The number of nitrogens with zero attached hydrogens (tertiary/aromatic N) is 1. The van der Waals surface area contributed by atoms with E-state index in [1.54, 1.807) is 34.6 Å². The highest BCUT2D eigenvalue weighted by molar-refractivity contribution is 5.93. The second-order valence-corrected chi connectivity index (χ2v) is 9.61. The van der Waals surface area contributed by atoms with Crippen LogP contribution in [0.3, 0.4) is 0 Å². The summed E-state index contributed by atoms with van der Waals surface area (Å²) < 4.78 is 5.32. The van der Waals surface area contributed by atoms with Crippen molar-refractivity contribution in [1.29, 1.82) is 0 Å². The van der Waals surface area contributed by atoms with Crippen molar-refractivity contribution in [2.75, 3.05) is 6.54 Å². The molecule has 0 aliphatic carbocycles. The van der Waals surface area contributed by atoms with Gasteiger partial charge in [0.25, 0.3) is 5.91 Å². The normalized spacial score (nSPS) is 13.0. The van der Waals surface area contributed by atoms with E-state index in [0.717, 1.165) is 28.9 Å². The van der Waals surface area contributed by atoms with Crippen LogP contribution in [0, 0.1) is 32.2 Å². The Labute approximate surface area is 198 Å². The van der Waals surface area contributed by atoms with E-state index in [1.165, 1.54) is 0 Å². The van der Waals surface area contributed by atoms with Crippen LogP contribution in [0.2, 0.25) is 0 Å². The Bertz CT molecular complexity index is 881. The van der Waals surface area contributed by atoms with Crippen LogP contribution < -0.4 is 10.6 Å². The zero-order valence-corrected chi connectivity index (χ0v) is 21.2. The molecule has 0 radical (unpaired) electrons. The van der Waals surface area contributed by atoms with Crippen molar-refractivity contribution in [2.24, 2.45) is 5.92 Å². The predicted molar refractivity (Wildman–Crippen MR) is 130 cm³/mol. The number of aryl methyl sites for hydroxylation is 2. The van der Waals surface area contributed by atoms with Gasteiger partial charge in [-0.3, -0.25) is 14.5 Å². The SMILES string of the molecule is C#CN(C(=O)C(NC(=O)OC(C)(C)C)C(C)C)C(C(=O)NCCCC)c1ccc(C)cc1C. The number of benzene rings is 1. The number of carbonyl (C=O) groups is 3. The molecule has 3 amide bonds. The molecule has 0 saturated heterocycles. The Morgan fingerprint density at radius 2 is 1.82 bits per heavy atom. The smallest absolute Gasteiger partial charge is 0.408 e. The second kappa shape index (κ2) is 12.3. The third-order valence-corrected chi connectivity index (χ3v) is 5.04. The lowest BCUT2D eigenvalue weighted by Crippen LogP contribution is -2.53. The zero-order valence-electron chi connectivity index (χ0n) is 21.2. The van der Waals surface area contributed by atoms with Crippen molar-refractivity contribution in [1.82, 2.24) is 15.5 Å². The minimum Gasteiger partial charge on any atom is -0.444 e. The van der Waals surface area contributed by atoms with Crippen LogP contribution in [0.4, 0.5) is 4.79 Å². The molecule has 33 heavy (non-hydrogen) atoms. The molecule has 0 aromatic heterocycles. The number of unbranched alkanes of at least 4 members (excludes halogenated alkanes) is 1. The number of amides is 3. The van der Waals surface area contributed by atoms with E-state index in [1.807, 2.05) is 39.0 Å². The lowest BCUT2D eigenvalue weighted by molar-refractivity contribution is -0.139. The van der Waals surface area contributed by atoms with Gasteiger partial charge in [-0.25, -0.2) is 4.79 Å². The molecule has 2 unspecified atom stereocenters. The van der Waals surface area contributed by atoms with E-state index in [-0.39, 0.29) is 11.8 Å². The summed E-state index contributed by atoms with van der Waals surface area (Å²) in [5, 5.41) is 5.52. The summed E-state index contributed by atoms with van der Waals surface area (Å²) in [4.78, 5) is 40.3. The number of carbonyl (C=O) groups excluding carboxylic acids is 3. The molecule has 7 nitrogen and oxygen atoms in total. The average molecular weight is 458 g/mol. The number of hydrogen-bond acceptors (Lipinski definition) is 4. The summed E-state index contributed by atoms with van der Waals surface area (Å²) in [6, 6.07) is 6.05. The highest BCUT2D eigenvalue weighted by atomic mass is 16.6. The van der Waals surface area contributed by atoms with Gasteiger partial charge in [-0.05, 0) is 58.1 Å². The van der Waals surface area contributed by atoms with Gasteiger partial charge in [0.15, 0.2) is 0 Å². The molecule has 2 N–H and O–H groups in total. The topological polar surface area (TPSA) is 87.7 Å². The van der Waals surface area contributed by atoms with Gasteiger partial charge in [-0.15, -0.1) is 0 Å². The van der Waals surface area contributed by atoms with E-state index < -0.39 is 29.7 Å². The first-order valence-corrected chi connectivity index (χ1v) is 11.5. The molecule has 0 spiro atoms. The summed E-state index contributed by atoms with van der Waals surface area (Å²) in [5.41, 5.74) is 1.80. The Morgan fingerprint density at radius 1 is 1.18 bits per heavy atom. The van der Waals surface area contributed by atoms with Crippen LogP contribution in [0.15, 0.2) is 18.2 Å². The molecule has 0 saturated carbocycles. The number of hydrogen-bond donors (Lipinski definition) is 2. The van der Waals surface area contributed by atoms with Gasteiger partial charge in [-0.1, -0.05) is 57.4 Å². The molecule has 0 aliphatic rings. The van der Waals surface area contributed by atoms with Crippen molar-refractivity contribution in [3.05, 3.63) is 34.9 Å². The van der Waals surface area contributed by atoms with Gasteiger partial charge in [0, 0.05) is 12.6 Å². The number of ether oxygens (including phenoxy) is 1. The fourth-order valence-corrected chi connectivity index (χ4v) is 3.38. The summed E-state index contributed by atoms with van der Waals surface area (Å²) in [5.74, 6) is -1.20. The predicted octanol–water partition coefficient (Wildman–Crippen LogP) is 4.23. The van der Waals surface area contributed by atoms with Crippen LogP contribution >= 0.6 is 0 Å². The van der Waals surface area contributed by atoms with E-state index >= 15 is 0 Å². The Hall–Kier alpha value is -3.01. The van der Waals surface area contributed by atoms with Crippen LogP contribution in [0.5, 0.6) is 0 Å². The first-order valence-electron chi connectivity index (χ1n) is 11.5. The molecule has 0 fully saturated rings. The zero-order chi connectivity index (χ0) is 25.3. The third-order valence-electron chi connectivity index (χ3n) is 5.04. The monoisotopic (exact) mass is 457 g/mol. The quantitative estimate of drug-likeness (QED) is 0.330. The molecule has 0 aliphatic heterocycles. The lowest BCUT2D eigenvalue weighted by atomic mass is 9.95. The van der Waals surface area contributed by atoms with Gasteiger partial charge < -0.3 is 15.4 Å². The highest BCUT2D eigenvalue weighted by Crippen LogP contribution is 2.26. The highest BCUT2D eigenvalue weighted by Gasteiger charge is 2.37. The molecule has 7 heteroatoms. The number of rotatable bonds is 9. The summed E-state index contributed by atoms with van der Waals surface area (Å²) >= 11 is 0. The van der Waals surface area contributed by atoms with Crippen LogP contribution in [0.1, 0.15) is 77.1 Å². The van der Waals surface area contributed by atoms with Gasteiger partial charge in [0.2, 0.25) is 5.91 Å². The summed E-state index contributed by atoms with van der Waals surface area (Å²) in [6.45, 7) is 15.2. The van der Waals surface area contributed by atoms with Crippen LogP contribution in [-0.4, -0.2) is 41.0 Å². The molecule has 1 aromatic carbocycles. The molecule has 1 aromatic rings. The van der Waals surface area contributed by atoms with Gasteiger partial charge >= 0.3 is 6.09 Å². The summed E-state index contributed by atoms with van der Waals surface area (Å²) in [6.07, 6.45) is 6.79. The minimum atomic E-state index is -1.03. The van der Waals surface area contributed by atoms with E-state index in [9.17, 15) is 14.4 Å². The first kappa shape index (κ1) is 28.0. The van der Waals surface area contributed by atoms with E-state index in [0.29, 0.717) is 12.1 Å². The third kappa shape index (κ3) is 8.45. The molecule has 1 rings (SSSR count). The van der Waals surface area contributed by atoms with Gasteiger partial charge in [-0.2, -0.15) is 0 Å². The maximum Gasteiger partial charge on any atom is 0.408 e. The van der Waals surface area contributed by atoms with Gasteiger partial charge in [0.1, 0.15) is 17.7 Å². The summed E-state index contributed by atoms with van der Waals surface area (Å²) in [7, 11) is 0. The van der Waals surface area contributed by atoms with Crippen molar-refractivity contribution in [3.63, 3.8) is 0 Å². The fraction of sp³-hybridized carbons (Fsp3) is 0.577. The Kier molecular flexibility index (Phi) is 10.4. The maximum atomic E-state index is 13.6. The van der Waals surface area contributed by atoms with Crippen molar-refractivity contribution in [3.8, 4) is 12.5 Å². The first-order chi connectivity index (χ1) is 15.3. The van der Waals surface area contributed by atoms with Crippen LogP contribution in [0.25, 0.3) is 0 Å². The average Bonchev–Trinajstić information content (AvgIpc) is 2.69. The molecule has 2 atom stereocenters. The minimum absolute atomic E-state index is 0.288. The number of nitrogens with one attached hydrogen (secondary N) is 2. The lowest BCUT2D eigenvalue weighted by Gasteiger charge is -2.32. The molecular formula is C26H39N3O4. The maximum absolute atomic E-state index is 13.6. The number of terminal acetylenes is 1. The standard InChI is InChI=1S/C26H39N3O4/c1-10-12-15-27-23(30)22(20-14-13-18(5)16-19(20)6)29(11-2)24(31)21(17(3)4)28-25(32)33-26(7,8)9/h2,13-14,16-17,21-22H,10,12,15H2,1,3-9H3,(H,27,30)(H,28,32). The fourth-order valence-electron chi connectivity index (χ4n) is 3.38. The van der Waals surface area contributed by atoms with Crippen molar-refractivity contribution >= 4 is 17.9 Å². The van der Waals surface area contributed by atoms with Crippen molar-refractivity contribution < 1.29 is 19.1 Å². The Morgan fingerprint density at radius 3 is 2.30 bits per heavy atom. The molecular weight excluding hydrogens is 418 g/mol. The van der Waals surface area contributed by atoms with E-state index in [2.05, 4.69) is 16.7 Å². The van der Waals surface area contributed by atoms with E-state index in [4.69, 9.17) is 11.2 Å². The Balaban J connectivity index is 3.36. The molecule has 0 bridgehead atoms. The largest absolute Gasteiger partial charge is 0.444 e. The molecule has 0 heterocycles. The van der Waals surface area contributed by atoms with Crippen LogP contribution in [-0.2, 0) is 14.3 Å². The molecule has 182 valence electrons.